The number of thioether (sulfide) groups is 1. The van der Waals surface area contributed by atoms with E-state index in [0.29, 0.717) is 17.4 Å². The number of benzene rings is 1. The van der Waals surface area contributed by atoms with Crippen LogP contribution in [0.4, 0.5) is 5.69 Å². The van der Waals surface area contributed by atoms with Gasteiger partial charge in [0.2, 0.25) is 11.1 Å². The van der Waals surface area contributed by atoms with E-state index in [2.05, 4.69) is 15.5 Å². The van der Waals surface area contributed by atoms with Crippen LogP contribution < -0.4 is 11.2 Å². The zero-order valence-corrected chi connectivity index (χ0v) is 13.2. The first-order chi connectivity index (χ1) is 10.0. The Morgan fingerprint density at radius 3 is 2.81 bits per heavy atom. The normalized spacial score (nSPS) is 10.6. The Balaban J connectivity index is 1.96. The van der Waals surface area contributed by atoms with E-state index in [9.17, 15) is 4.79 Å². The van der Waals surface area contributed by atoms with E-state index in [1.807, 2.05) is 39.0 Å². The Hall–Kier alpha value is -2.02. The summed E-state index contributed by atoms with van der Waals surface area (Å²) in [5, 5.41) is 11.4. The number of aryl methyl sites for hydroxylation is 3. The SMILES string of the molecule is CCc1nnc(SCC(=O)Nc2cc(C)ccc2C)n1N. The van der Waals surface area contributed by atoms with E-state index >= 15 is 0 Å². The number of hydrogen-bond acceptors (Lipinski definition) is 5. The highest BCUT2D eigenvalue weighted by Crippen LogP contribution is 2.18. The Labute approximate surface area is 128 Å². The molecule has 0 radical (unpaired) electrons. The topological polar surface area (TPSA) is 85.8 Å². The average Bonchev–Trinajstić information content (AvgIpc) is 2.81. The fourth-order valence-electron chi connectivity index (χ4n) is 1.83. The molecule has 0 saturated carbocycles. The quantitative estimate of drug-likeness (QED) is 0.651. The van der Waals surface area contributed by atoms with Crippen molar-refractivity contribution < 1.29 is 4.79 Å². The average molecular weight is 305 g/mol. The Kier molecular flexibility index (Phi) is 4.85. The molecule has 1 aromatic heterocycles. The molecule has 7 heteroatoms. The van der Waals surface area contributed by atoms with Gasteiger partial charge in [-0.15, -0.1) is 10.2 Å². The molecule has 0 fully saturated rings. The zero-order chi connectivity index (χ0) is 15.4. The first kappa shape index (κ1) is 15.4. The van der Waals surface area contributed by atoms with Crippen molar-refractivity contribution in [2.75, 3.05) is 16.9 Å². The van der Waals surface area contributed by atoms with Crippen LogP contribution in [0.1, 0.15) is 23.9 Å². The minimum atomic E-state index is -0.0882. The second-order valence-electron chi connectivity index (χ2n) is 4.78. The van der Waals surface area contributed by atoms with Gasteiger partial charge in [0.05, 0.1) is 5.75 Å². The van der Waals surface area contributed by atoms with E-state index in [0.717, 1.165) is 16.8 Å². The standard InChI is InChI=1S/C14H19N5OS/c1-4-12-17-18-14(19(12)15)21-8-13(20)16-11-7-9(2)5-6-10(11)3/h5-7H,4,8,15H2,1-3H3,(H,16,20). The summed E-state index contributed by atoms with van der Waals surface area (Å²) in [7, 11) is 0. The summed E-state index contributed by atoms with van der Waals surface area (Å²) in [6.45, 7) is 5.91. The minimum Gasteiger partial charge on any atom is -0.336 e. The van der Waals surface area contributed by atoms with Crippen molar-refractivity contribution in [2.24, 2.45) is 0 Å². The molecule has 0 aliphatic heterocycles. The van der Waals surface area contributed by atoms with Gasteiger partial charge in [-0.3, -0.25) is 4.79 Å². The van der Waals surface area contributed by atoms with Gasteiger partial charge in [0.25, 0.3) is 0 Å². The highest BCUT2D eigenvalue weighted by molar-refractivity contribution is 7.99. The molecule has 0 aliphatic rings. The van der Waals surface area contributed by atoms with E-state index in [-0.39, 0.29) is 11.7 Å². The number of anilines is 1. The first-order valence-electron chi connectivity index (χ1n) is 6.70. The predicted octanol–water partition coefficient (Wildman–Crippen LogP) is 1.90. The fraction of sp³-hybridized carbons (Fsp3) is 0.357. The van der Waals surface area contributed by atoms with Crippen LogP contribution in [0.2, 0.25) is 0 Å². The molecule has 1 heterocycles. The van der Waals surface area contributed by atoms with Crippen LogP contribution in [-0.2, 0) is 11.2 Å². The molecule has 0 bridgehead atoms. The molecule has 1 aromatic carbocycles. The lowest BCUT2D eigenvalue weighted by atomic mass is 10.1. The molecule has 0 spiro atoms. The third-order valence-corrected chi connectivity index (χ3v) is 3.99. The van der Waals surface area contributed by atoms with Crippen LogP contribution in [0, 0.1) is 13.8 Å². The van der Waals surface area contributed by atoms with Crippen LogP contribution >= 0.6 is 11.8 Å². The lowest BCUT2D eigenvalue weighted by Crippen LogP contribution is -2.17. The second kappa shape index (κ2) is 6.62. The monoisotopic (exact) mass is 305 g/mol. The summed E-state index contributed by atoms with van der Waals surface area (Å²) in [5.41, 5.74) is 2.98. The van der Waals surface area contributed by atoms with Crippen molar-refractivity contribution in [3.05, 3.63) is 35.2 Å². The number of nitrogens with zero attached hydrogens (tertiary/aromatic N) is 3. The number of rotatable bonds is 5. The fourth-order valence-corrected chi connectivity index (χ4v) is 2.51. The molecule has 0 saturated heterocycles. The van der Waals surface area contributed by atoms with E-state index in [4.69, 9.17) is 5.84 Å². The number of amides is 1. The summed E-state index contributed by atoms with van der Waals surface area (Å²) < 4.78 is 1.43. The molecule has 0 atom stereocenters. The minimum absolute atomic E-state index is 0.0882. The van der Waals surface area contributed by atoms with Crippen LogP contribution in [0.15, 0.2) is 23.4 Å². The van der Waals surface area contributed by atoms with E-state index < -0.39 is 0 Å². The molecule has 2 rings (SSSR count). The summed E-state index contributed by atoms with van der Waals surface area (Å²) >= 11 is 1.27. The summed E-state index contributed by atoms with van der Waals surface area (Å²) in [5.74, 6) is 6.69. The maximum atomic E-state index is 12.0. The van der Waals surface area contributed by atoms with Gasteiger partial charge < -0.3 is 11.2 Å². The molecular formula is C14H19N5OS. The summed E-state index contributed by atoms with van der Waals surface area (Å²) in [6.07, 6.45) is 0.707. The third kappa shape index (κ3) is 3.75. The number of hydrogen-bond donors (Lipinski definition) is 2. The van der Waals surface area contributed by atoms with Gasteiger partial charge in [-0.1, -0.05) is 30.8 Å². The van der Waals surface area contributed by atoms with Gasteiger partial charge in [0, 0.05) is 12.1 Å². The lowest BCUT2D eigenvalue weighted by Gasteiger charge is -2.09. The highest BCUT2D eigenvalue weighted by atomic mass is 32.2. The molecule has 3 N–H and O–H groups in total. The number of carbonyl (C=O) groups is 1. The molecule has 2 aromatic rings. The molecular weight excluding hydrogens is 286 g/mol. The lowest BCUT2D eigenvalue weighted by molar-refractivity contribution is -0.113. The third-order valence-electron chi connectivity index (χ3n) is 3.05. The van der Waals surface area contributed by atoms with E-state index in [1.54, 1.807) is 0 Å². The van der Waals surface area contributed by atoms with Crippen molar-refractivity contribution in [2.45, 2.75) is 32.3 Å². The molecule has 0 aliphatic carbocycles. The largest absolute Gasteiger partial charge is 0.336 e. The van der Waals surface area contributed by atoms with Gasteiger partial charge >= 0.3 is 0 Å². The number of nitrogens with one attached hydrogen (secondary N) is 1. The van der Waals surface area contributed by atoms with Crippen molar-refractivity contribution >= 4 is 23.4 Å². The van der Waals surface area contributed by atoms with Gasteiger partial charge in [-0.25, -0.2) is 4.68 Å². The van der Waals surface area contributed by atoms with Crippen LogP contribution in [0.3, 0.4) is 0 Å². The number of aromatic nitrogens is 3. The Morgan fingerprint density at radius 1 is 1.38 bits per heavy atom. The Bertz CT molecular complexity index is 653. The molecule has 21 heavy (non-hydrogen) atoms. The number of carbonyl (C=O) groups excluding carboxylic acids is 1. The predicted molar refractivity (Wildman–Crippen MR) is 84.8 cm³/mol. The number of nitrogen functional groups attached to an aromatic ring is 1. The second-order valence-corrected chi connectivity index (χ2v) is 5.72. The van der Waals surface area contributed by atoms with Gasteiger partial charge in [0.1, 0.15) is 0 Å². The van der Waals surface area contributed by atoms with Crippen molar-refractivity contribution in [3.63, 3.8) is 0 Å². The van der Waals surface area contributed by atoms with Crippen molar-refractivity contribution in [1.82, 2.24) is 14.9 Å². The number of nitrogens with two attached hydrogens (primary N) is 1. The van der Waals surface area contributed by atoms with E-state index in [1.165, 1.54) is 16.4 Å². The molecule has 6 nitrogen and oxygen atoms in total. The van der Waals surface area contributed by atoms with Gasteiger partial charge in [-0.2, -0.15) is 0 Å². The Morgan fingerprint density at radius 2 is 2.14 bits per heavy atom. The zero-order valence-electron chi connectivity index (χ0n) is 12.4. The maximum absolute atomic E-state index is 12.0. The van der Waals surface area contributed by atoms with Gasteiger partial charge in [-0.05, 0) is 31.0 Å². The molecule has 112 valence electrons. The summed E-state index contributed by atoms with van der Waals surface area (Å²) in [4.78, 5) is 12.0. The molecule has 0 unspecified atom stereocenters. The van der Waals surface area contributed by atoms with Crippen LogP contribution in [-0.4, -0.2) is 26.5 Å². The smallest absolute Gasteiger partial charge is 0.234 e. The summed E-state index contributed by atoms with van der Waals surface area (Å²) in [6, 6.07) is 5.96. The highest BCUT2D eigenvalue weighted by Gasteiger charge is 2.11. The first-order valence-corrected chi connectivity index (χ1v) is 7.69. The van der Waals surface area contributed by atoms with Crippen LogP contribution in [0.5, 0.6) is 0 Å². The van der Waals surface area contributed by atoms with Crippen LogP contribution in [0.25, 0.3) is 0 Å². The molecule has 1 amide bonds. The van der Waals surface area contributed by atoms with Gasteiger partial charge in [0.15, 0.2) is 5.82 Å². The van der Waals surface area contributed by atoms with Crippen molar-refractivity contribution in [1.29, 1.82) is 0 Å². The maximum Gasteiger partial charge on any atom is 0.234 e. The van der Waals surface area contributed by atoms with Crippen molar-refractivity contribution in [3.8, 4) is 0 Å².